The molecule has 1 atom stereocenters. The van der Waals surface area contributed by atoms with Crippen LogP contribution < -0.4 is 14.8 Å². The Hall–Kier alpha value is -1.94. The van der Waals surface area contributed by atoms with Crippen molar-refractivity contribution >= 4 is 31.9 Å². The normalized spacial score (nSPS) is 16.1. The number of halogens is 1. The van der Waals surface area contributed by atoms with Crippen LogP contribution in [0, 0.1) is 0 Å². The molecule has 3 rings (SSSR count). The maximum Gasteiger partial charge on any atom is 0.252 e. The Bertz CT molecular complexity index is 965. The molecule has 2 aromatic rings. The van der Waals surface area contributed by atoms with Crippen molar-refractivity contribution in [2.75, 3.05) is 26.9 Å². The molecule has 0 radical (unpaired) electrons. The van der Waals surface area contributed by atoms with Gasteiger partial charge in [0.05, 0.1) is 23.1 Å². The lowest BCUT2D eigenvalue weighted by Gasteiger charge is -2.26. The van der Waals surface area contributed by atoms with Crippen molar-refractivity contribution in [1.29, 1.82) is 0 Å². The number of carbonyl (C=O) groups excluding carboxylic acids is 1. The summed E-state index contributed by atoms with van der Waals surface area (Å²) in [5.41, 5.74) is 1.27. The number of methoxy groups -OCH3 is 1. The van der Waals surface area contributed by atoms with E-state index < -0.39 is 10.0 Å². The molecule has 28 heavy (non-hydrogen) atoms. The van der Waals surface area contributed by atoms with Crippen molar-refractivity contribution in [3.63, 3.8) is 0 Å². The minimum atomic E-state index is -3.73. The molecule has 2 aromatic carbocycles. The third kappa shape index (κ3) is 4.91. The molecule has 0 unspecified atom stereocenters. The van der Waals surface area contributed by atoms with Crippen LogP contribution in [0.2, 0.25) is 0 Å². The monoisotopic (exact) mass is 468 g/mol. The smallest absolute Gasteiger partial charge is 0.252 e. The van der Waals surface area contributed by atoms with Gasteiger partial charge in [0.15, 0.2) is 0 Å². The Labute approximate surface area is 172 Å². The highest BCUT2D eigenvalue weighted by Crippen LogP contribution is 2.25. The molecular weight excluding hydrogens is 448 g/mol. The third-order valence-electron chi connectivity index (χ3n) is 4.31. The summed E-state index contributed by atoms with van der Waals surface area (Å²) in [6.07, 6.45) is 0.649. The number of hydrogen-bond acceptors (Lipinski definition) is 5. The molecule has 0 fully saturated rings. The topological polar surface area (TPSA) is 93.7 Å². The second-order valence-electron chi connectivity index (χ2n) is 6.33. The lowest BCUT2D eigenvalue weighted by atomic mass is 10.0. The van der Waals surface area contributed by atoms with E-state index in [0.717, 1.165) is 11.3 Å². The molecule has 0 bridgehead atoms. The predicted molar refractivity (Wildman–Crippen MR) is 108 cm³/mol. The number of rotatable bonds is 7. The third-order valence-corrected chi connectivity index (χ3v) is 6.46. The van der Waals surface area contributed by atoms with Crippen LogP contribution >= 0.6 is 15.9 Å². The predicted octanol–water partition coefficient (Wildman–Crippen LogP) is 2.11. The van der Waals surface area contributed by atoms with Gasteiger partial charge in [-0.1, -0.05) is 18.2 Å². The van der Waals surface area contributed by atoms with Crippen LogP contribution in [0.3, 0.4) is 0 Å². The van der Waals surface area contributed by atoms with E-state index >= 15 is 0 Å². The molecule has 1 amide bonds. The van der Waals surface area contributed by atoms with Gasteiger partial charge in [0.2, 0.25) is 10.0 Å². The molecule has 0 saturated carbocycles. The maximum absolute atomic E-state index is 12.8. The highest BCUT2D eigenvalue weighted by Gasteiger charge is 2.24. The molecule has 0 saturated heterocycles. The summed E-state index contributed by atoms with van der Waals surface area (Å²) in [7, 11) is -2.24. The van der Waals surface area contributed by atoms with E-state index in [1.54, 1.807) is 6.07 Å². The van der Waals surface area contributed by atoms with Crippen LogP contribution in [0.1, 0.15) is 15.9 Å². The summed E-state index contributed by atoms with van der Waals surface area (Å²) in [6.45, 7) is 0.762. The van der Waals surface area contributed by atoms with Crippen molar-refractivity contribution in [2.45, 2.75) is 17.4 Å². The Morgan fingerprint density at radius 1 is 1.29 bits per heavy atom. The van der Waals surface area contributed by atoms with E-state index in [4.69, 9.17) is 9.47 Å². The SMILES string of the molecule is COCCNS(=O)(=O)c1ccc(Br)c(C(=O)N[C@H]2COc3ccccc3C2)c1. The number of ether oxygens (including phenoxy) is 2. The minimum Gasteiger partial charge on any atom is -0.491 e. The van der Waals surface area contributed by atoms with E-state index in [2.05, 4.69) is 26.0 Å². The lowest BCUT2D eigenvalue weighted by molar-refractivity contribution is 0.0914. The van der Waals surface area contributed by atoms with Gasteiger partial charge in [-0.3, -0.25) is 4.79 Å². The molecule has 1 aliphatic rings. The van der Waals surface area contributed by atoms with Crippen molar-refractivity contribution < 1.29 is 22.7 Å². The highest BCUT2D eigenvalue weighted by atomic mass is 79.9. The Morgan fingerprint density at radius 2 is 2.07 bits per heavy atom. The first-order valence-electron chi connectivity index (χ1n) is 8.70. The maximum atomic E-state index is 12.8. The number of nitrogens with one attached hydrogen (secondary N) is 2. The van der Waals surface area contributed by atoms with Gasteiger partial charge < -0.3 is 14.8 Å². The van der Waals surface area contributed by atoms with Crippen LogP contribution in [0.4, 0.5) is 0 Å². The second-order valence-corrected chi connectivity index (χ2v) is 8.95. The molecule has 0 spiro atoms. The van der Waals surface area contributed by atoms with Crippen molar-refractivity contribution in [3.8, 4) is 5.75 Å². The van der Waals surface area contributed by atoms with Crippen LogP contribution in [-0.2, 0) is 21.2 Å². The molecule has 2 N–H and O–H groups in total. The van der Waals surface area contributed by atoms with E-state index in [0.29, 0.717) is 17.5 Å². The van der Waals surface area contributed by atoms with Gasteiger partial charge in [-0.25, -0.2) is 13.1 Å². The van der Waals surface area contributed by atoms with Crippen LogP contribution in [0.25, 0.3) is 0 Å². The summed E-state index contributed by atoms with van der Waals surface area (Å²) < 4.78 is 38.3. The zero-order valence-corrected chi connectivity index (χ0v) is 17.7. The second kappa shape index (κ2) is 9.04. The minimum absolute atomic E-state index is 0.0159. The molecule has 1 aliphatic heterocycles. The Balaban J connectivity index is 1.73. The van der Waals surface area contributed by atoms with Gasteiger partial charge in [-0.15, -0.1) is 0 Å². The fourth-order valence-corrected chi connectivity index (χ4v) is 4.36. The summed E-state index contributed by atoms with van der Waals surface area (Å²) in [5, 5.41) is 2.92. The number of carbonyl (C=O) groups is 1. The molecule has 9 heteroatoms. The fourth-order valence-electron chi connectivity index (χ4n) is 2.89. The number of amides is 1. The van der Waals surface area contributed by atoms with Crippen LogP contribution in [-0.4, -0.2) is 47.2 Å². The molecule has 0 aliphatic carbocycles. The molecule has 0 aromatic heterocycles. The first-order chi connectivity index (χ1) is 13.4. The van der Waals surface area contributed by atoms with Crippen molar-refractivity contribution in [2.24, 2.45) is 0 Å². The summed E-state index contributed by atoms with van der Waals surface area (Å²) >= 11 is 3.32. The van der Waals surface area contributed by atoms with Gasteiger partial charge in [0, 0.05) is 18.1 Å². The Kier molecular flexibility index (Phi) is 6.71. The van der Waals surface area contributed by atoms with Crippen molar-refractivity contribution in [3.05, 3.63) is 58.1 Å². The van der Waals surface area contributed by atoms with Gasteiger partial charge in [0.1, 0.15) is 12.4 Å². The zero-order chi connectivity index (χ0) is 20.1. The number of para-hydroxylation sites is 1. The molecule has 150 valence electrons. The zero-order valence-electron chi connectivity index (χ0n) is 15.3. The summed E-state index contributed by atoms with van der Waals surface area (Å²) in [4.78, 5) is 12.8. The molecular formula is C19H21BrN2O5S. The van der Waals surface area contributed by atoms with Crippen molar-refractivity contribution in [1.82, 2.24) is 10.0 Å². The molecule has 7 nitrogen and oxygen atoms in total. The van der Waals surface area contributed by atoms with Gasteiger partial charge in [-0.2, -0.15) is 0 Å². The largest absolute Gasteiger partial charge is 0.491 e. The van der Waals surface area contributed by atoms with Gasteiger partial charge in [0.25, 0.3) is 5.91 Å². The lowest BCUT2D eigenvalue weighted by Crippen LogP contribution is -2.42. The number of hydrogen-bond donors (Lipinski definition) is 2. The summed E-state index contributed by atoms with van der Waals surface area (Å²) in [5.74, 6) is 0.457. The number of benzene rings is 2. The van der Waals surface area contributed by atoms with Gasteiger partial charge in [-0.05, 0) is 52.2 Å². The first-order valence-corrected chi connectivity index (χ1v) is 11.0. The standard InChI is InChI=1S/C19H21BrN2O5S/c1-26-9-8-21-28(24,25)15-6-7-17(20)16(11-15)19(23)22-14-10-13-4-2-3-5-18(13)27-12-14/h2-7,11,14,21H,8-10,12H2,1H3,(H,22,23)/t14-/m1/s1. The van der Waals surface area contributed by atoms with Crippen LogP contribution in [0.5, 0.6) is 5.75 Å². The van der Waals surface area contributed by atoms with Gasteiger partial charge >= 0.3 is 0 Å². The average Bonchev–Trinajstić information content (AvgIpc) is 2.68. The number of fused-ring (bicyclic) bond motifs is 1. The summed E-state index contributed by atoms with van der Waals surface area (Å²) in [6, 6.07) is 11.8. The average molecular weight is 469 g/mol. The first kappa shape index (κ1) is 20.8. The van der Waals surface area contributed by atoms with E-state index in [9.17, 15) is 13.2 Å². The van der Waals surface area contributed by atoms with E-state index in [1.807, 2.05) is 24.3 Å². The highest BCUT2D eigenvalue weighted by molar-refractivity contribution is 9.10. The molecule has 1 heterocycles. The number of sulfonamides is 1. The Morgan fingerprint density at radius 3 is 2.86 bits per heavy atom. The van der Waals surface area contributed by atoms with E-state index in [1.165, 1.54) is 19.2 Å². The van der Waals surface area contributed by atoms with Crippen LogP contribution in [0.15, 0.2) is 51.8 Å². The fraction of sp³-hybridized carbons (Fsp3) is 0.316. The quantitative estimate of drug-likeness (QED) is 0.606. The van der Waals surface area contributed by atoms with E-state index in [-0.39, 0.29) is 35.6 Å².